The minimum absolute atomic E-state index is 0.00564. The van der Waals surface area contributed by atoms with E-state index in [1.165, 1.54) is 13.2 Å². The number of rotatable bonds is 5. The van der Waals surface area contributed by atoms with Crippen LogP contribution in [0.15, 0.2) is 18.2 Å². The van der Waals surface area contributed by atoms with E-state index in [1.54, 1.807) is 12.1 Å². The standard InChI is InChI=1S/C15H19N3O3/c1-3-4-7-16-8-10-17(11-9-16)13-5-6-14(18(19)20)15(12-13)21-2/h1,5-6,12H,4,7-11H2,2H3. The molecule has 0 aromatic heterocycles. The smallest absolute Gasteiger partial charge is 0.311 e. The summed E-state index contributed by atoms with van der Waals surface area (Å²) in [5, 5.41) is 10.9. The fourth-order valence-electron chi connectivity index (χ4n) is 2.47. The fraction of sp³-hybridized carbons (Fsp3) is 0.467. The summed E-state index contributed by atoms with van der Waals surface area (Å²) >= 11 is 0. The van der Waals surface area contributed by atoms with E-state index >= 15 is 0 Å². The summed E-state index contributed by atoms with van der Waals surface area (Å²) < 4.78 is 5.11. The van der Waals surface area contributed by atoms with Crippen molar-refractivity contribution in [1.82, 2.24) is 4.90 Å². The first-order valence-electron chi connectivity index (χ1n) is 6.89. The number of nitro groups is 1. The largest absolute Gasteiger partial charge is 0.490 e. The molecule has 0 atom stereocenters. The second-order valence-electron chi connectivity index (χ2n) is 4.90. The second-order valence-corrected chi connectivity index (χ2v) is 4.90. The summed E-state index contributed by atoms with van der Waals surface area (Å²) in [4.78, 5) is 15.0. The topological polar surface area (TPSA) is 58.9 Å². The monoisotopic (exact) mass is 289 g/mol. The molecule has 1 heterocycles. The molecule has 1 fully saturated rings. The Morgan fingerprint density at radius 3 is 2.67 bits per heavy atom. The lowest BCUT2D eigenvalue weighted by atomic mass is 10.2. The van der Waals surface area contributed by atoms with Gasteiger partial charge < -0.3 is 9.64 Å². The molecule has 6 heteroatoms. The van der Waals surface area contributed by atoms with Crippen molar-refractivity contribution in [2.75, 3.05) is 44.7 Å². The lowest BCUT2D eigenvalue weighted by Crippen LogP contribution is -2.46. The van der Waals surface area contributed by atoms with Gasteiger partial charge in [0, 0.05) is 57.0 Å². The molecule has 0 unspecified atom stereocenters. The Morgan fingerprint density at radius 2 is 2.10 bits per heavy atom. The minimum atomic E-state index is -0.430. The zero-order valence-corrected chi connectivity index (χ0v) is 12.1. The normalized spacial score (nSPS) is 15.5. The number of nitro benzene ring substituents is 1. The third-order valence-corrected chi connectivity index (χ3v) is 3.67. The SMILES string of the molecule is C#CCCN1CCN(c2ccc([N+](=O)[O-])c(OC)c2)CC1. The predicted octanol–water partition coefficient (Wildman–Crippen LogP) is 1.75. The first kappa shape index (κ1) is 15.1. The highest BCUT2D eigenvalue weighted by atomic mass is 16.6. The van der Waals surface area contributed by atoms with Crippen LogP contribution >= 0.6 is 0 Å². The van der Waals surface area contributed by atoms with Crippen LogP contribution in [0.4, 0.5) is 11.4 Å². The van der Waals surface area contributed by atoms with Gasteiger partial charge in [-0.3, -0.25) is 15.0 Å². The van der Waals surface area contributed by atoms with E-state index in [-0.39, 0.29) is 5.69 Å². The molecule has 112 valence electrons. The molecule has 1 aliphatic rings. The van der Waals surface area contributed by atoms with Gasteiger partial charge >= 0.3 is 5.69 Å². The molecule has 0 N–H and O–H groups in total. The van der Waals surface area contributed by atoms with Gasteiger partial charge in [-0.05, 0) is 6.07 Å². The van der Waals surface area contributed by atoms with Gasteiger partial charge in [0.1, 0.15) is 0 Å². The van der Waals surface area contributed by atoms with Gasteiger partial charge in [0.2, 0.25) is 0 Å². The zero-order valence-electron chi connectivity index (χ0n) is 12.1. The summed E-state index contributed by atoms with van der Waals surface area (Å²) in [5.41, 5.74) is 0.947. The Labute approximate surface area is 124 Å². The number of methoxy groups -OCH3 is 1. The van der Waals surface area contributed by atoms with Crippen LogP contribution < -0.4 is 9.64 Å². The molecule has 2 rings (SSSR count). The van der Waals surface area contributed by atoms with Gasteiger partial charge in [0.05, 0.1) is 12.0 Å². The van der Waals surface area contributed by atoms with E-state index in [9.17, 15) is 10.1 Å². The molecule has 0 bridgehead atoms. The number of benzene rings is 1. The molecule has 1 aromatic carbocycles. The van der Waals surface area contributed by atoms with Crippen LogP contribution in [0, 0.1) is 22.5 Å². The maximum absolute atomic E-state index is 10.9. The van der Waals surface area contributed by atoms with Crippen molar-refractivity contribution < 1.29 is 9.66 Å². The quantitative estimate of drug-likeness (QED) is 0.469. The number of nitrogens with zero attached hydrogens (tertiary/aromatic N) is 3. The Bertz CT molecular complexity index is 546. The molecule has 1 aromatic rings. The molecule has 0 radical (unpaired) electrons. The van der Waals surface area contributed by atoms with Gasteiger partial charge in [-0.25, -0.2) is 0 Å². The van der Waals surface area contributed by atoms with Gasteiger partial charge in [-0.2, -0.15) is 0 Å². The van der Waals surface area contributed by atoms with E-state index in [2.05, 4.69) is 15.7 Å². The molecule has 6 nitrogen and oxygen atoms in total. The molecule has 0 aliphatic carbocycles. The number of hydrogen-bond acceptors (Lipinski definition) is 5. The van der Waals surface area contributed by atoms with Crippen LogP contribution in [0.3, 0.4) is 0 Å². The highest BCUT2D eigenvalue weighted by molar-refractivity contribution is 5.59. The molecular formula is C15H19N3O3. The van der Waals surface area contributed by atoms with Crippen molar-refractivity contribution in [1.29, 1.82) is 0 Å². The van der Waals surface area contributed by atoms with E-state index in [0.717, 1.165) is 44.8 Å². The summed E-state index contributed by atoms with van der Waals surface area (Å²) in [6.45, 7) is 4.58. The van der Waals surface area contributed by atoms with Crippen molar-refractivity contribution >= 4 is 11.4 Å². The molecule has 0 saturated carbocycles. The Morgan fingerprint density at radius 1 is 1.38 bits per heavy atom. The Hall–Kier alpha value is -2.26. The third-order valence-electron chi connectivity index (χ3n) is 3.67. The number of piperazine rings is 1. The highest BCUT2D eigenvalue weighted by Gasteiger charge is 2.20. The fourth-order valence-corrected chi connectivity index (χ4v) is 2.47. The molecule has 0 amide bonds. The summed E-state index contributed by atoms with van der Waals surface area (Å²) in [6, 6.07) is 5.01. The molecule has 1 saturated heterocycles. The first-order valence-corrected chi connectivity index (χ1v) is 6.89. The number of ether oxygens (including phenoxy) is 1. The first-order chi connectivity index (χ1) is 10.2. The van der Waals surface area contributed by atoms with Crippen LogP contribution in [0.2, 0.25) is 0 Å². The van der Waals surface area contributed by atoms with E-state index in [4.69, 9.17) is 11.2 Å². The molecule has 0 spiro atoms. The zero-order chi connectivity index (χ0) is 15.2. The van der Waals surface area contributed by atoms with Crippen LogP contribution in [-0.2, 0) is 0 Å². The Kier molecular flexibility index (Phi) is 5.01. The number of terminal acetylenes is 1. The average molecular weight is 289 g/mol. The van der Waals surface area contributed by atoms with Gasteiger partial charge in [-0.1, -0.05) is 0 Å². The maximum atomic E-state index is 10.9. The maximum Gasteiger partial charge on any atom is 0.311 e. The second kappa shape index (κ2) is 6.95. The average Bonchev–Trinajstić information content (AvgIpc) is 2.52. The Balaban J connectivity index is 2.04. The molecule has 21 heavy (non-hydrogen) atoms. The van der Waals surface area contributed by atoms with Crippen molar-refractivity contribution in [2.45, 2.75) is 6.42 Å². The van der Waals surface area contributed by atoms with Crippen LogP contribution in [-0.4, -0.2) is 49.7 Å². The van der Waals surface area contributed by atoms with Gasteiger partial charge in [0.25, 0.3) is 0 Å². The van der Waals surface area contributed by atoms with Gasteiger partial charge in [-0.15, -0.1) is 12.3 Å². The van der Waals surface area contributed by atoms with Gasteiger partial charge in [0.15, 0.2) is 5.75 Å². The summed E-state index contributed by atoms with van der Waals surface area (Å²) in [6.07, 6.45) is 6.05. The van der Waals surface area contributed by atoms with Crippen molar-refractivity contribution in [2.24, 2.45) is 0 Å². The van der Waals surface area contributed by atoms with E-state index in [1.807, 2.05) is 0 Å². The van der Waals surface area contributed by atoms with Crippen LogP contribution in [0.1, 0.15) is 6.42 Å². The van der Waals surface area contributed by atoms with E-state index < -0.39 is 4.92 Å². The van der Waals surface area contributed by atoms with Crippen molar-refractivity contribution in [3.8, 4) is 18.1 Å². The number of anilines is 1. The molecule has 1 aliphatic heterocycles. The molecular weight excluding hydrogens is 270 g/mol. The predicted molar refractivity (Wildman–Crippen MR) is 81.8 cm³/mol. The van der Waals surface area contributed by atoms with Crippen LogP contribution in [0.25, 0.3) is 0 Å². The summed E-state index contributed by atoms with van der Waals surface area (Å²) in [7, 11) is 1.45. The van der Waals surface area contributed by atoms with E-state index in [0.29, 0.717) is 5.75 Å². The van der Waals surface area contributed by atoms with Crippen LogP contribution in [0.5, 0.6) is 5.75 Å². The van der Waals surface area contributed by atoms with Crippen molar-refractivity contribution in [3.05, 3.63) is 28.3 Å². The lowest BCUT2D eigenvalue weighted by Gasteiger charge is -2.35. The highest BCUT2D eigenvalue weighted by Crippen LogP contribution is 2.31. The third kappa shape index (κ3) is 3.64. The number of hydrogen-bond donors (Lipinski definition) is 0. The minimum Gasteiger partial charge on any atom is -0.490 e. The van der Waals surface area contributed by atoms with Crippen molar-refractivity contribution in [3.63, 3.8) is 0 Å². The summed E-state index contributed by atoms with van der Waals surface area (Å²) in [5.74, 6) is 2.95. The lowest BCUT2D eigenvalue weighted by molar-refractivity contribution is -0.385.